The molecule has 88 valence electrons. The summed E-state index contributed by atoms with van der Waals surface area (Å²) in [6.45, 7) is 0.448. The molecule has 1 aromatic carbocycles. The summed E-state index contributed by atoms with van der Waals surface area (Å²) in [5.74, 6) is 1.31. The summed E-state index contributed by atoms with van der Waals surface area (Å²) >= 11 is 0. The average molecular weight is 231 g/mol. The van der Waals surface area contributed by atoms with Crippen LogP contribution in [0, 0.1) is 0 Å². The van der Waals surface area contributed by atoms with Crippen molar-refractivity contribution in [2.45, 2.75) is 6.54 Å². The number of nitrogens with zero attached hydrogens (tertiary/aromatic N) is 1. The van der Waals surface area contributed by atoms with E-state index in [1.807, 2.05) is 12.1 Å². The first kappa shape index (κ1) is 11.3. The van der Waals surface area contributed by atoms with Crippen molar-refractivity contribution in [2.24, 2.45) is 4.99 Å². The molecule has 1 heterocycles. The van der Waals surface area contributed by atoms with E-state index in [-0.39, 0.29) is 5.75 Å². The Kier molecular flexibility index (Phi) is 3.45. The third kappa shape index (κ3) is 2.66. The fourth-order valence-electron chi connectivity index (χ4n) is 1.44. The molecular weight excluding hydrogens is 218 g/mol. The van der Waals surface area contributed by atoms with E-state index in [9.17, 15) is 5.11 Å². The normalized spacial score (nSPS) is 10.9. The summed E-state index contributed by atoms with van der Waals surface area (Å²) in [6, 6.07) is 8.92. The second-order valence-corrected chi connectivity index (χ2v) is 3.45. The van der Waals surface area contributed by atoms with Gasteiger partial charge in [-0.15, -0.1) is 0 Å². The lowest BCUT2D eigenvalue weighted by Gasteiger charge is -2.04. The molecule has 4 nitrogen and oxygen atoms in total. The number of methoxy groups -OCH3 is 1. The molecule has 1 N–H and O–H groups in total. The number of rotatable bonds is 4. The molecular formula is C13H13NO3. The van der Waals surface area contributed by atoms with E-state index in [4.69, 9.17) is 9.15 Å². The largest absolute Gasteiger partial charge is 0.504 e. The fraction of sp³-hybridized carbons (Fsp3) is 0.154. The van der Waals surface area contributed by atoms with Crippen molar-refractivity contribution in [2.75, 3.05) is 7.11 Å². The van der Waals surface area contributed by atoms with Gasteiger partial charge in [0.05, 0.1) is 19.9 Å². The molecule has 1 aromatic heterocycles. The molecule has 0 fully saturated rings. The zero-order valence-electron chi connectivity index (χ0n) is 9.46. The van der Waals surface area contributed by atoms with Crippen molar-refractivity contribution in [3.05, 3.63) is 47.9 Å². The lowest BCUT2D eigenvalue weighted by molar-refractivity contribution is 0.373. The van der Waals surface area contributed by atoms with Crippen molar-refractivity contribution < 1.29 is 14.3 Å². The van der Waals surface area contributed by atoms with Crippen molar-refractivity contribution in [3.63, 3.8) is 0 Å². The Labute approximate surface area is 99.2 Å². The lowest BCUT2D eigenvalue weighted by Crippen LogP contribution is -1.88. The van der Waals surface area contributed by atoms with Gasteiger partial charge < -0.3 is 14.3 Å². The maximum Gasteiger partial charge on any atom is 0.166 e. The van der Waals surface area contributed by atoms with Gasteiger partial charge in [0.15, 0.2) is 11.5 Å². The minimum absolute atomic E-state index is 0.0956. The number of phenolic OH excluding ortho intramolecular Hbond substituents is 1. The number of benzene rings is 1. The number of hydrogen-bond acceptors (Lipinski definition) is 4. The number of aromatic hydroxyl groups is 1. The number of aliphatic imine (C=N–C) groups is 1. The maximum atomic E-state index is 9.81. The number of hydrogen-bond donors (Lipinski definition) is 1. The zero-order chi connectivity index (χ0) is 12.1. The van der Waals surface area contributed by atoms with Gasteiger partial charge in [-0.25, -0.2) is 0 Å². The maximum absolute atomic E-state index is 9.81. The van der Waals surface area contributed by atoms with Crippen LogP contribution in [-0.2, 0) is 6.54 Å². The summed E-state index contributed by atoms with van der Waals surface area (Å²) in [5.41, 5.74) is 0.621. The molecule has 0 saturated heterocycles. The van der Waals surface area contributed by atoms with Crippen LogP contribution in [0.1, 0.15) is 11.3 Å². The first-order valence-electron chi connectivity index (χ1n) is 5.19. The minimum atomic E-state index is 0.0956. The third-order valence-corrected chi connectivity index (χ3v) is 2.31. The van der Waals surface area contributed by atoms with Gasteiger partial charge in [0.25, 0.3) is 0 Å². The lowest BCUT2D eigenvalue weighted by atomic mass is 10.2. The highest BCUT2D eigenvalue weighted by atomic mass is 16.5. The van der Waals surface area contributed by atoms with Crippen LogP contribution in [0.3, 0.4) is 0 Å². The molecule has 0 radical (unpaired) electrons. The quantitative estimate of drug-likeness (QED) is 0.823. The van der Waals surface area contributed by atoms with Crippen LogP contribution < -0.4 is 4.74 Å². The van der Waals surface area contributed by atoms with E-state index in [2.05, 4.69) is 4.99 Å². The highest BCUT2D eigenvalue weighted by molar-refractivity contribution is 5.84. The van der Waals surface area contributed by atoms with Crippen LogP contribution in [0.2, 0.25) is 0 Å². The van der Waals surface area contributed by atoms with Gasteiger partial charge in [-0.05, 0) is 24.3 Å². The molecule has 0 spiro atoms. The van der Waals surface area contributed by atoms with Gasteiger partial charge in [-0.2, -0.15) is 0 Å². The monoisotopic (exact) mass is 231 g/mol. The van der Waals surface area contributed by atoms with Gasteiger partial charge in [0.1, 0.15) is 5.76 Å². The summed E-state index contributed by atoms with van der Waals surface area (Å²) in [6.07, 6.45) is 3.20. The summed E-state index contributed by atoms with van der Waals surface area (Å²) in [5, 5.41) is 9.81. The van der Waals surface area contributed by atoms with Crippen molar-refractivity contribution >= 4 is 6.21 Å². The topological polar surface area (TPSA) is 55.0 Å². The molecule has 0 unspecified atom stereocenters. The van der Waals surface area contributed by atoms with Gasteiger partial charge in [-0.3, -0.25) is 4.99 Å². The molecule has 0 saturated carbocycles. The molecule has 0 atom stereocenters. The van der Waals surface area contributed by atoms with Crippen LogP contribution in [-0.4, -0.2) is 18.4 Å². The summed E-state index contributed by atoms with van der Waals surface area (Å²) in [4.78, 5) is 4.19. The average Bonchev–Trinajstić information content (AvgIpc) is 2.84. The molecule has 0 bridgehead atoms. The summed E-state index contributed by atoms with van der Waals surface area (Å²) < 4.78 is 10.2. The first-order chi connectivity index (χ1) is 8.31. The Morgan fingerprint density at radius 3 is 2.94 bits per heavy atom. The van der Waals surface area contributed by atoms with Crippen LogP contribution in [0.5, 0.6) is 11.5 Å². The molecule has 4 heteroatoms. The molecule has 2 rings (SSSR count). The first-order valence-corrected chi connectivity index (χ1v) is 5.19. The number of furan rings is 1. The van der Waals surface area contributed by atoms with E-state index in [1.165, 1.54) is 7.11 Å². The van der Waals surface area contributed by atoms with E-state index in [0.29, 0.717) is 17.9 Å². The predicted molar refractivity (Wildman–Crippen MR) is 64.7 cm³/mol. The Hall–Kier alpha value is -2.23. The predicted octanol–water partition coefficient (Wildman–Crippen LogP) is 2.61. The van der Waals surface area contributed by atoms with E-state index in [1.54, 1.807) is 30.7 Å². The van der Waals surface area contributed by atoms with Crippen LogP contribution in [0.4, 0.5) is 0 Å². The standard InChI is InChI=1S/C13H13NO3/c1-16-12-6-2-4-10(13(12)15)8-14-9-11-5-3-7-17-11/h2-8,15H,9H2,1H3. The smallest absolute Gasteiger partial charge is 0.166 e. The van der Waals surface area contributed by atoms with E-state index >= 15 is 0 Å². The summed E-state index contributed by atoms with van der Waals surface area (Å²) in [7, 11) is 1.51. The molecule has 0 aliphatic carbocycles. The zero-order valence-corrected chi connectivity index (χ0v) is 9.46. The van der Waals surface area contributed by atoms with Gasteiger partial charge in [0, 0.05) is 11.8 Å². The second-order valence-electron chi connectivity index (χ2n) is 3.45. The van der Waals surface area contributed by atoms with Gasteiger partial charge in [0.2, 0.25) is 0 Å². The van der Waals surface area contributed by atoms with Crippen LogP contribution in [0.15, 0.2) is 46.0 Å². The Morgan fingerprint density at radius 2 is 2.24 bits per heavy atom. The molecule has 0 aliphatic heterocycles. The van der Waals surface area contributed by atoms with E-state index in [0.717, 1.165) is 5.76 Å². The van der Waals surface area contributed by atoms with Gasteiger partial charge >= 0.3 is 0 Å². The Bertz CT molecular complexity index is 503. The second kappa shape index (κ2) is 5.21. The van der Waals surface area contributed by atoms with Crippen LogP contribution in [0.25, 0.3) is 0 Å². The number of phenols is 1. The van der Waals surface area contributed by atoms with Crippen molar-refractivity contribution in [1.82, 2.24) is 0 Å². The number of para-hydroxylation sites is 1. The highest BCUT2D eigenvalue weighted by Gasteiger charge is 2.04. The third-order valence-electron chi connectivity index (χ3n) is 2.31. The minimum Gasteiger partial charge on any atom is -0.504 e. The molecule has 17 heavy (non-hydrogen) atoms. The fourth-order valence-corrected chi connectivity index (χ4v) is 1.44. The Balaban J connectivity index is 2.10. The van der Waals surface area contributed by atoms with Crippen LogP contribution >= 0.6 is 0 Å². The highest BCUT2D eigenvalue weighted by Crippen LogP contribution is 2.28. The van der Waals surface area contributed by atoms with Crippen molar-refractivity contribution in [1.29, 1.82) is 0 Å². The SMILES string of the molecule is COc1cccc(C=NCc2ccco2)c1O. The molecule has 0 amide bonds. The molecule has 2 aromatic rings. The van der Waals surface area contributed by atoms with Crippen molar-refractivity contribution in [3.8, 4) is 11.5 Å². The number of ether oxygens (including phenoxy) is 1. The molecule has 0 aliphatic rings. The van der Waals surface area contributed by atoms with E-state index < -0.39 is 0 Å². The Morgan fingerprint density at radius 1 is 1.35 bits per heavy atom. The van der Waals surface area contributed by atoms with Gasteiger partial charge in [-0.1, -0.05) is 6.07 Å².